The van der Waals surface area contributed by atoms with Crippen LogP contribution in [0.2, 0.25) is 0 Å². The van der Waals surface area contributed by atoms with E-state index in [1.54, 1.807) is 19.1 Å². The Morgan fingerprint density at radius 2 is 1.55 bits per heavy atom. The standard InChI is InChI=1S/C41H61NO7/c1-25(43)47-28-23-30-38(6)19-17-31(48-34(45)24-33(44)42-26-13-11-10-12-14-26)36(2,3)29(38)16-21-39(30,7)40(8)20-15-27(35(28)40)41(9)22-18-32(49-41)37(4,5)46/h10-14,27-32,35,46H,15-24H2,1-9H3,(H,42,44)/t27-,28+,29-,30+,31+,32+,35-,38-,39+,40+,41-/m0/s1. The molecule has 8 heteroatoms. The van der Waals surface area contributed by atoms with Crippen molar-refractivity contribution in [1.82, 2.24) is 0 Å². The number of amides is 1. The Morgan fingerprint density at radius 3 is 2.18 bits per heavy atom. The number of hydrogen-bond acceptors (Lipinski definition) is 7. The van der Waals surface area contributed by atoms with E-state index < -0.39 is 11.6 Å². The van der Waals surface area contributed by atoms with E-state index in [-0.39, 0.29) is 75.7 Å². The summed E-state index contributed by atoms with van der Waals surface area (Å²) in [5, 5.41) is 13.6. The van der Waals surface area contributed by atoms with Crippen LogP contribution in [-0.2, 0) is 28.6 Å². The van der Waals surface area contributed by atoms with E-state index in [4.69, 9.17) is 14.2 Å². The van der Waals surface area contributed by atoms with Gasteiger partial charge in [-0.1, -0.05) is 52.8 Å². The zero-order chi connectivity index (χ0) is 35.8. The molecule has 8 nitrogen and oxygen atoms in total. The van der Waals surface area contributed by atoms with Crippen molar-refractivity contribution < 1.29 is 33.7 Å². The minimum Gasteiger partial charge on any atom is -0.462 e. The Bertz CT molecular complexity index is 1440. The predicted octanol–water partition coefficient (Wildman–Crippen LogP) is 7.86. The Balaban J connectivity index is 1.23. The van der Waals surface area contributed by atoms with Crippen molar-refractivity contribution in [3.05, 3.63) is 30.3 Å². The van der Waals surface area contributed by atoms with Crippen LogP contribution in [0.5, 0.6) is 0 Å². The lowest BCUT2D eigenvalue weighted by atomic mass is 9.35. The molecule has 1 aromatic rings. The molecule has 49 heavy (non-hydrogen) atoms. The van der Waals surface area contributed by atoms with Crippen molar-refractivity contribution >= 4 is 23.5 Å². The summed E-state index contributed by atoms with van der Waals surface area (Å²) >= 11 is 0. The summed E-state index contributed by atoms with van der Waals surface area (Å²) in [7, 11) is 0. The van der Waals surface area contributed by atoms with Crippen LogP contribution in [0, 0.1) is 45.3 Å². The summed E-state index contributed by atoms with van der Waals surface area (Å²) in [5.41, 5.74) is -0.955. The van der Waals surface area contributed by atoms with E-state index in [1.807, 2.05) is 32.0 Å². The van der Waals surface area contributed by atoms with Crippen molar-refractivity contribution in [2.75, 3.05) is 5.32 Å². The highest BCUT2D eigenvalue weighted by molar-refractivity contribution is 6.01. The average molecular weight is 680 g/mol. The van der Waals surface area contributed by atoms with Gasteiger partial charge in [-0.3, -0.25) is 14.4 Å². The van der Waals surface area contributed by atoms with Crippen molar-refractivity contribution in [1.29, 1.82) is 0 Å². The fraction of sp³-hybridized carbons (Fsp3) is 0.780. The number of anilines is 1. The first-order chi connectivity index (χ1) is 22.7. The largest absolute Gasteiger partial charge is 0.462 e. The summed E-state index contributed by atoms with van der Waals surface area (Å²) in [4.78, 5) is 38.5. The normalized spacial score (nSPS) is 42.7. The van der Waals surface area contributed by atoms with Crippen LogP contribution in [0.3, 0.4) is 0 Å². The summed E-state index contributed by atoms with van der Waals surface area (Å²) in [6, 6.07) is 9.16. The first-order valence-corrected chi connectivity index (χ1v) is 18.9. The van der Waals surface area contributed by atoms with Gasteiger partial charge in [-0.25, -0.2) is 0 Å². The highest BCUT2D eigenvalue weighted by Crippen LogP contribution is 2.76. The van der Waals surface area contributed by atoms with Crippen molar-refractivity contribution in [2.45, 2.75) is 156 Å². The Labute approximate surface area is 293 Å². The Morgan fingerprint density at radius 1 is 0.878 bits per heavy atom. The average Bonchev–Trinajstić information content (AvgIpc) is 3.59. The zero-order valence-corrected chi connectivity index (χ0v) is 31.4. The van der Waals surface area contributed by atoms with Crippen LogP contribution in [-0.4, -0.2) is 52.5 Å². The van der Waals surface area contributed by atoms with Crippen LogP contribution < -0.4 is 5.32 Å². The Hall–Kier alpha value is -2.45. The molecule has 1 saturated heterocycles. The summed E-state index contributed by atoms with van der Waals surface area (Å²) in [6.07, 6.45) is 7.41. The molecule has 1 aromatic carbocycles. The minimum atomic E-state index is -0.903. The fourth-order valence-electron chi connectivity index (χ4n) is 12.6. The van der Waals surface area contributed by atoms with Gasteiger partial charge in [0.25, 0.3) is 0 Å². The molecule has 5 aliphatic rings. The van der Waals surface area contributed by atoms with E-state index in [2.05, 4.69) is 46.9 Å². The number of hydrogen-bond donors (Lipinski definition) is 2. The number of aliphatic hydroxyl groups is 1. The number of esters is 2. The summed E-state index contributed by atoms with van der Waals surface area (Å²) in [5.74, 6) is -0.0207. The van der Waals surface area contributed by atoms with Crippen LogP contribution in [0.1, 0.15) is 127 Å². The predicted molar refractivity (Wildman–Crippen MR) is 188 cm³/mol. The number of nitrogens with one attached hydrogen (secondary N) is 1. The molecule has 2 N–H and O–H groups in total. The van der Waals surface area contributed by atoms with Crippen LogP contribution in [0.15, 0.2) is 30.3 Å². The zero-order valence-electron chi connectivity index (χ0n) is 31.4. The lowest BCUT2D eigenvalue weighted by Crippen LogP contribution is -2.67. The van der Waals surface area contributed by atoms with Crippen molar-refractivity contribution in [2.24, 2.45) is 45.3 Å². The second-order valence-electron chi connectivity index (χ2n) is 18.6. The molecule has 1 aliphatic heterocycles. The smallest absolute Gasteiger partial charge is 0.315 e. The van der Waals surface area contributed by atoms with E-state index >= 15 is 0 Å². The molecular weight excluding hydrogens is 618 g/mol. The van der Waals surface area contributed by atoms with Crippen LogP contribution in [0.4, 0.5) is 5.69 Å². The molecule has 1 amide bonds. The van der Waals surface area contributed by atoms with Crippen molar-refractivity contribution in [3.8, 4) is 0 Å². The number of fused-ring (bicyclic) bond motifs is 5. The maximum Gasteiger partial charge on any atom is 0.315 e. The minimum absolute atomic E-state index is 0.0334. The first-order valence-electron chi connectivity index (χ1n) is 18.9. The molecule has 4 aliphatic carbocycles. The third-order valence-electron chi connectivity index (χ3n) is 15.1. The lowest BCUT2D eigenvalue weighted by Gasteiger charge is -2.70. The summed E-state index contributed by atoms with van der Waals surface area (Å²) in [6.45, 7) is 19.4. The van der Waals surface area contributed by atoms with Gasteiger partial charge in [0, 0.05) is 23.9 Å². The first kappa shape index (κ1) is 36.3. The number of rotatable bonds is 7. The van der Waals surface area contributed by atoms with Gasteiger partial charge >= 0.3 is 11.9 Å². The summed E-state index contributed by atoms with van der Waals surface area (Å²) < 4.78 is 19.3. The third kappa shape index (κ3) is 6.04. The number of carbonyl (C=O) groups is 3. The number of ether oxygens (including phenoxy) is 3. The number of para-hydroxylation sites is 1. The maximum atomic E-state index is 13.1. The maximum absolute atomic E-state index is 13.1. The van der Waals surface area contributed by atoms with E-state index in [9.17, 15) is 19.5 Å². The monoisotopic (exact) mass is 679 g/mol. The molecular formula is C41H61NO7. The van der Waals surface area contributed by atoms with E-state index in [0.717, 1.165) is 57.8 Å². The highest BCUT2D eigenvalue weighted by atomic mass is 16.6. The van der Waals surface area contributed by atoms with Crippen LogP contribution >= 0.6 is 0 Å². The molecule has 0 radical (unpaired) electrons. The molecule has 0 bridgehead atoms. The van der Waals surface area contributed by atoms with Gasteiger partial charge in [-0.2, -0.15) is 0 Å². The SMILES string of the molecule is CC(=O)O[C@@H]1C[C@@H]2[C@@]3(C)CC[C@@H](OC(=O)CC(=O)Nc4ccccc4)C(C)(C)[C@@H]3CC[C@@]2(C)[C@]2(C)CC[C@H]([C@]3(C)CC[C@H](C(C)(C)O)O3)[C@@H]12. The van der Waals surface area contributed by atoms with Gasteiger partial charge in [0.1, 0.15) is 18.6 Å². The van der Waals surface area contributed by atoms with Crippen LogP contribution in [0.25, 0.3) is 0 Å². The van der Waals surface area contributed by atoms with Crippen molar-refractivity contribution in [3.63, 3.8) is 0 Å². The van der Waals surface area contributed by atoms with Gasteiger partial charge in [0.15, 0.2) is 0 Å². The molecule has 4 saturated carbocycles. The van der Waals surface area contributed by atoms with E-state index in [0.29, 0.717) is 17.5 Å². The second kappa shape index (κ2) is 12.4. The molecule has 272 valence electrons. The molecule has 5 fully saturated rings. The van der Waals surface area contributed by atoms with Gasteiger partial charge < -0.3 is 24.6 Å². The molecule has 6 rings (SSSR count). The topological polar surface area (TPSA) is 111 Å². The van der Waals surface area contributed by atoms with E-state index in [1.165, 1.54) is 0 Å². The van der Waals surface area contributed by atoms with Gasteiger partial charge in [0.05, 0.1) is 17.3 Å². The molecule has 11 atom stereocenters. The van der Waals surface area contributed by atoms with Gasteiger partial charge in [0.2, 0.25) is 5.91 Å². The third-order valence-corrected chi connectivity index (χ3v) is 15.1. The second-order valence-corrected chi connectivity index (χ2v) is 18.6. The highest BCUT2D eigenvalue weighted by Gasteiger charge is 2.72. The Kier molecular flexibility index (Phi) is 9.16. The lowest BCUT2D eigenvalue weighted by molar-refractivity contribution is -0.254. The fourth-order valence-corrected chi connectivity index (χ4v) is 12.6. The molecule has 0 spiro atoms. The molecule has 1 heterocycles. The number of benzene rings is 1. The quantitative estimate of drug-likeness (QED) is 0.223. The number of carbonyl (C=O) groups excluding carboxylic acids is 3. The van der Waals surface area contributed by atoms with Gasteiger partial charge in [-0.15, -0.1) is 0 Å². The molecule has 0 unspecified atom stereocenters. The molecule has 0 aromatic heterocycles. The van der Waals surface area contributed by atoms with Gasteiger partial charge in [-0.05, 0) is 125 Å².